The first-order valence-electron chi connectivity index (χ1n) is 23.8. The first-order valence-corrected chi connectivity index (χ1v) is 24.6. The Hall–Kier alpha value is -6.92. The number of nitrogen functional groups attached to an aromatic ring is 2. The van der Waals surface area contributed by atoms with Crippen molar-refractivity contribution in [1.82, 2.24) is 9.97 Å². The number of ether oxygens (including phenoxy) is 2. The molecule has 69 heavy (non-hydrogen) atoms. The summed E-state index contributed by atoms with van der Waals surface area (Å²) in [5, 5.41) is 4.07. The third-order valence-electron chi connectivity index (χ3n) is 13.3. The molecule has 0 unspecified atom stereocenters. The number of methoxy groups -OCH3 is 2. The number of carbonyl (C=O) groups excluding carboxylic acids is 2. The predicted molar refractivity (Wildman–Crippen MR) is 284 cm³/mol. The van der Waals surface area contributed by atoms with Gasteiger partial charge in [-0.2, -0.15) is 0 Å². The molecule has 0 bridgehead atoms. The standard InChI is InChI=1S/C30H31N3O2.C28H29N3O2S/c1-33(12-13-35-2)29-18-28-24(16-26(29)21-8-9-21)15-25(19-32-28)30(34)17-23-14-22(10-11-27(23)31)20-6-4-3-5-7-20;1-31(9-10-33-2)26-16-25-21(14-23(26)18-5-6-18)13-22(17-30-25)27(32)15-20-12-19(7-8-24(20)29)28-4-3-11-34-28/h3-7,10-11,14-16,18-19,21H,8-9,12-13,17,31H2,1-2H3;3-4,7-8,11-14,16-18H,5-6,9-10,15,29H2,1-2H3. The van der Waals surface area contributed by atoms with Gasteiger partial charge in [-0.25, -0.2) is 0 Å². The van der Waals surface area contributed by atoms with Crippen molar-refractivity contribution >= 4 is 67.5 Å². The Morgan fingerprint density at radius 2 is 1.09 bits per heavy atom. The Labute approximate surface area is 408 Å². The number of pyridine rings is 2. The second-order valence-corrected chi connectivity index (χ2v) is 19.4. The molecule has 8 aromatic rings. The molecule has 10 nitrogen and oxygen atoms in total. The lowest BCUT2D eigenvalue weighted by Crippen LogP contribution is -2.23. The molecule has 0 aliphatic heterocycles. The highest BCUT2D eigenvalue weighted by Crippen LogP contribution is 2.47. The number of carbonyl (C=O) groups is 2. The van der Waals surface area contributed by atoms with Gasteiger partial charge in [0.25, 0.3) is 0 Å². The summed E-state index contributed by atoms with van der Waals surface area (Å²) in [6.45, 7) is 3.00. The van der Waals surface area contributed by atoms with Crippen LogP contribution in [0, 0.1) is 0 Å². The third-order valence-corrected chi connectivity index (χ3v) is 14.2. The molecule has 2 aliphatic carbocycles. The Bertz CT molecular complexity index is 3110. The predicted octanol–water partition coefficient (Wildman–Crippen LogP) is 11.8. The fraction of sp³-hybridized carbons (Fsp3) is 0.276. The summed E-state index contributed by atoms with van der Waals surface area (Å²) in [5.74, 6) is 1.21. The molecule has 0 radical (unpaired) electrons. The summed E-state index contributed by atoms with van der Waals surface area (Å²) in [4.78, 5) is 41.4. The van der Waals surface area contributed by atoms with Crippen molar-refractivity contribution in [3.8, 4) is 21.6 Å². The maximum absolute atomic E-state index is 13.3. The van der Waals surface area contributed by atoms with Crippen LogP contribution in [0.5, 0.6) is 0 Å². The first-order chi connectivity index (χ1) is 33.6. The molecular formula is C58H60N6O4S. The number of hydrogen-bond donors (Lipinski definition) is 2. The summed E-state index contributed by atoms with van der Waals surface area (Å²) >= 11 is 1.68. The zero-order valence-corrected chi connectivity index (χ0v) is 40.7. The van der Waals surface area contributed by atoms with E-state index in [-0.39, 0.29) is 24.4 Å². The lowest BCUT2D eigenvalue weighted by molar-refractivity contribution is 0.0984. The molecule has 2 saturated carbocycles. The van der Waals surface area contributed by atoms with Crippen LogP contribution in [0.4, 0.5) is 22.7 Å². The van der Waals surface area contributed by atoms with Gasteiger partial charge in [-0.05, 0) is 149 Å². The van der Waals surface area contributed by atoms with Crippen molar-refractivity contribution < 1.29 is 19.1 Å². The highest BCUT2D eigenvalue weighted by Gasteiger charge is 2.29. The number of likely N-dealkylation sites (N-methyl/N-ethyl adjacent to an activating group) is 2. The second kappa shape index (κ2) is 21.2. The summed E-state index contributed by atoms with van der Waals surface area (Å²) in [7, 11) is 7.64. The van der Waals surface area contributed by atoms with Gasteiger partial charge < -0.3 is 30.7 Å². The van der Waals surface area contributed by atoms with Gasteiger partial charge in [-0.3, -0.25) is 19.6 Å². The lowest BCUT2D eigenvalue weighted by atomic mass is 9.96. The lowest BCUT2D eigenvalue weighted by Gasteiger charge is -2.23. The Morgan fingerprint density at radius 3 is 1.55 bits per heavy atom. The van der Waals surface area contributed by atoms with E-state index in [1.165, 1.54) is 53.1 Å². The highest BCUT2D eigenvalue weighted by atomic mass is 32.1. The van der Waals surface area contributed by atoms with Crippen molar-refractivity contribution in [2.75, 3.05) is 75.9 Å². The van der Waals surface area contributed by atoms with Crippen LogP contribution in [0.3, 0.4) is 0 Å². The Morgan fingerprint density at radius 1 is 0.594 bits per heavy atom. The molecule has 0 amide bonds. The summed E-state index contributed by atoms with van der Waals surface area (Å²) in [5.41, 5.74) is 26.8. The first kappa shape index (κ1) is 47.2. The number of hydrogen-bond acceptors (Lipinski definition) is 11. The van der Waals surface area contributed by atoms with Crippen molar-refractivity contribution in [1.29, 1.82) is 0 Å². The molecule has 0 spiro atoms. The normalized spacial score (nSPS) is 13.3. The SMILES string of the molecule is COCCN(C)c1cc2ncc(C(=O)Cc3cc(-c4ccccc4)ccc3N)cc2cc1C1CC1.COCCN(C)c1cc2ncc(C(=O)Cc3cc(-c4cccs4)ccc3N)cc2cc1C1CC1. The van der Waals surface area contributed by atoms with Gasteiger partial charge in [0, 0.05) is 116 Å². The minimum atomic E-state index is 0.0190. The number of nitrogens with two attached hydrogens (primary N) is 2. The Kier molecular flexibility index (Phi) is 14.5. The summed E-state index contributed by atoms with van der Waals surface area (Å²) in [6, 6.07) is 38.8. The van der Waals surface area contributed by atoms with E-state index in [1.807, 2.05) is 78.2 Å². The van der Waals surface area contributed by atoms with E-state index in [1.54, 1.807) is 38.0 Å². The van der Waals surface area contributed by atoms with Crippen molar-refractivity contribution in [2.45, 2.75) is 50.4 Å². The number of rotatable bonds is 18. The number of nitrogens with zero attached hydrogens (tertiary/aromatic N) is 4. The third kappa shape index (κ3) is 11.2. The van der Waals surface area contributed by atoms with Crippen LogP contribution in [-0.4, -0.2) is 76.2 Å². The molecule has 2 fully saturated rings. The number of benzene rings is 5. The van der Waals surface area contributed by atoms with Gasteiger partial charge in [0.05, 0.1) is 24.2 Å². The molecule has 2 aliphatic rings. The van der Waals surface area contributed by atoms with E-state index >= 15 is 0 Å². The maximum Gasteiger partial charge on any atom is 0.168 e. The fourth-order valence-corrected chi connectivity index (χ4v) is 9.67. The van der Waals surface area contributed by atoms with Crippen LogP contribution in [-0.2, 0) is 22.3 Å². The zero-order valence-electron chi connectivity index (χ0n) is 39.9. The monoisotopic (exact) mass is 936 g/mol. The van der Waals surface area contributed by atoms with Crippen LogP contribution in [0.15, 0.2) is 133 Å². The van der Waals surface area contributed by atoms with Gasteiger partial charge in [-0.15, -0.1) is 11.3 Å². The number of fused-ring (bicyclic) bond motifs is 2. The van der Waals surface area contributed by atoms with Crippen LogP contribution >= 0.6 is 11.3 Å². The van der Waals surface area contributed by atoms with E-state index in [2.05, 4.69) is 76.3 Å². The van der Waals surface area contributed by atoms with Crippen LogP contribution in [0.25, 0.3) is 43.4 Å². The quantitative estimate of drug-likeness (QED) is 0.0632. The number of thiophene rings is 1. The molecule has 0 saturated heterocycles. The smallest absolute Gasteiger partial charge is 0.168 e. The molecule has 4 N–H and O–H groups in total. The van der Waals surface area contributed by atoms with E-state index in [0.717, 1.165) is 62.7 Å². The number of ketones is 2. The van der Waals surface area contributed by atoms with Crippen LogP contribution in [0.2, 0.25) is 0 Å². The van der Waals surface area contributed by atoms with Crippen molar-refractivity contribution in [2.24, 2.45) is 0 Å². The molecule has 5 aromatic carbocycles. The zero-order chi connectivity index (χ0) is 48.0. The maximum atomic E-state index is 13.3. The van der Waals surface area contributed by atoms with Gasteiger partial charge in [0.15, 0.2) is 11.6 Å². The van der Waals surface area contributed by atoms with E-state index in [0.29, 0.717) is 47.6 Å². The average molecular weight is 937 g/mol. The average Bonchev–Trinajstić information content (AvgIpc) is 4.33. The van der Waals surface area contributed by atoms with Crippen LogP contribution in [0.1, 0.15) is 80.5 Å². The molecule has 0 atom stereocenters. The van der Waals surface area contributed by atoms with Gasteiger partial charge in [0.1, 0.15) is 0 Å². The summed E-state index contributed by atoms with van der Waals surface area (Å²) < 4.78 is 10.5. The molecule has 3 aromatic heterocycles. The molecule has 11 heteroatoms. The number of Topliss-reactive ketones (excluding diaryl/α,β-unsaturated/α-hetero) is 2. The van der Waals surface area contributed by atoms with Crippen molar-refractivity contribution in [3.63, 3.8) is 0 Å². The topological polar surface area (TPSA) is 137 Å². The minimum absolute atomic E-state index is 0.0190. The highest BCUT2D eigenvalue weighted by molar-refractivity contribution is 7.13. The van der Waals surface area contributed by atoms with E-state index in [9.17, 15) is 9.59 Å². The molecule has 352 valence electrons. The van der Waals surface area contributed by atoms with Gasteiger partial charge in [0.2, 0.25) is 0 Å². The van der Waals surface area contributed by atoms with Gasteiger partial charge >= 0.3 is 0 Å². The van der Waals surface area contributed by atoms with E-state index in [4.69, 9.17) is 20.9 Å². The minimum Gasteiger partial charge on any atom is -0.398 e. The summed E-state index contributed by atoms with van der Waals surface area (Å²) in [6.07, 6.45) is 8.72. The molecule has 3 heterocycles. The second-order valence-electron chi connectivity index (χ2n) is 18.4. The number of anilines is 4. The Balaban J connectivity index is 0.000000172. The van der Waals surface area contributed by atoms with E-state index < -0.39 is 0 Å². The van der Waals surface area contributed by atoms with Crippen molar-refractivity contribution in [3.05, 3.63) is 166 Å². The molecular weight excluding hydrogens is 877 g/mol. The largest absolute Gasteiger partial charge is 0.398 e. The van der Waals surface area contributed by atoms with Crippen LogP contribution < -0.4 is 21.3 Å². The number of aromatic nitrogens is 2. The fourth-order valence-electron chi connectivity index (χ4n) is 8.95. The molecule has 10 rings (SSSR count). The van der Waals surface area contributed by atoms with Gasteiger partial charge in [-0.1, -0.05) is 48.5 Å².